The lowest BCUT2D eigenvalue weighted by atomic mass is 10.0. The maximum atomic E-state index is 12.3. The average Bonchev–Trinajstić information content (AvgIpc) is 2.35. The molecule has 5 heteroatoms. The van der Waals surface area contributed by atoms with Crippen molar-refractivity contribution in [3.8, 4) is 0 Å². The molecule has 0 heterocycles. The highest BCUT2D eigenvalue weighted by molar-refractivity contribution is 7.89. The quantitative estimate of drug-likeness (QED) is 0.816. The van der Waals surface area contributed by atoms with E-state index in [0.29, 0.717) is 5.76 Å². The molecule has 4 nitrogen and oxygen atoms in total. The molecule has 1 aromatic carbocycles. The van der Waals surface area contributed by atoms with Crippen LogP contribution in [0.25, 0.3) is 0 Å². The van der Waals surface area contributed by atoms with Crippen LogP contribution in [-0.2, 0) is 14.8 Å². The summed E-state index contributed by atoms with van der Waals surface area (Å²) in [5, 5.41) is 0. The fourth-order valence-electron chi connectivity index (χ4n) is 1.65. The molecule has 0 amide bonds. The summed E-state index contributed by atoms with van der Waals surface area (Å²) in [6, 6.07) is 6.26. The Balaban J connectivity index is 3.00. The predicted molar refractivity (Wildman–Crippen MR) is 76.3 cm³/mol. The molecule has 0 aromatic heterocycles. The molecular weight excluding hydrogens is 262 g/mol. The summed E-state index contributed by atoms with van der Waals surface area (Å²) in [6.07, 6.45) is 0. The van der Waals surface area contributed by atoms with Gasteiger partial charge in [-0.3, -0.25) is 0 Å². The molecule has 1 N–H and O–H groups in total. The van der Waals surface area contributed by atoms with Crippen LogP contribution in [0.3, 0.4) is 0 Å². The van der Waals surface area contributed by atoms with Gasteiger partial charge in [0, 0.05) is 0 Å². The second kappa shape index (κ2) is 6.21. The van der Waals surface area contributed by atoms with Crippen molar-refractivity contribution < 1.29 is 13.2 Å². The van der Waals surface area contributed by atoms with Gasteiger partial charge in [0.15, 0.2) is 0 Å². The summed E-state index contributed by atoms with van der Waals surface area (Å²) in [7, 11) is -2.08. The van der Waals surface area contributed by atoms with Gasteiger partial charge in [-0.1, -0.05) is 38.1 Å². The third-order valence-electron chi connectivity index (χ3n) is 2.89. The monoisotopic (exact) mass is 283 g/mol. The Morgan fingerprint density at radius 3 is 2.21 bits per heavy atom. The summed E-state index contributed by atoms with van der Waals surface area (Å²) < 4.78 is 32.2. The number of hydrogen-bond acceptors (Lipinski definition) is 3. The van der Waals surface area contributed by atoms with E-state index in [1.807, 2.05) is 20.8 Å². The maximum absolute atomic E-state index is 12.3. The number of aryl methyl sites for hydroxylation is 1. The van der Waals surface area contributed by atoms with Crippen LogP contribution in [0, 0.1) is 12.8 Å². The Kier molecular flexibility index (Phi) is 5.14. The molecule has 106 valence electrons. The van der Waals surface area contributed by atoms with E-state index in [4.69, 9.17) is 4.74 Å². The van der Waals surface area contributed by atoms with Crippen molar-refractivity contribution in [2.24, 2.45) is 5.92 Å². The van der Waals surface area contributed by atoms with Crippen molar-refractivity contribution in [2.75, 3.05) is 7.11 Å². The smallest absolute Gasteiger partial charge is 0.241 e. The van der Waals surface area contributed by atoms with E-state index in [1.54, 1.807) is 24.3 Å². The summed E-state index contributed by atoms with van der Waals surface area (Å²) >= 11 is 0. The number of sulfonamides is 1. The number of rotatable bonds is 6. The summed E-state index contributed by atoms with van der Waals surface area (Å²) in [5.74, 6) is 0.457. The van der Waals surface area contributed by atoms with Crippen molar-refractivity contribution in [1.82, 2.24) is 4.72 Å². The summed E-state index contributed by atoms with van der Waals surface area (Å²) in [5.41, 5.74) is 1.01. The topological polar surface area (TPSA) is 55.4 Å². The lowest BCUT2D eigenvalue weighted by molar-refractivity contribution is 0.242. The summed E-state index contributed by atoms with van der Waals surface area (Å²) in [6.45, 7) is 9.47. The van der Waals surface area contributed by atoms with Crippen LogP contribution >= 0.6 is 0 Å². The molecule has 1 aromatic rings. The second-order valence-electron chi connectivity index (χ2n) is 4.83. The first-order valence-corrected chi connectivity index (χ1v) is 7.58. The molecule has 0 saturated carbocycles. The number of methoxy groups -OCH3 is 1. The first-order chi connectivity index (χ1) is 8.77. The number of benzene rings is 1. The maximum Gasteiger partial charge on any atom is 0.241 e. The van der Waals surface area contributed by atoms with Gasteiger partial charge >= 0.3 is 0 Å². The Morgan fingerprint density at radius 2 is 1.79 bits per heavy atom. The minimum Gasteiger partial charge on any atom is -0.500 e. The Bertz CT molecular complexity index is 532. The van der Waals surface area contributed by atoms with Gasteiger partial charge in [-0.15, -0.1) is 0 Å². The van der Waals surface area contributed by atoms with Crippen LogP contribution in [0.2, 0.25) is 0 Å². The van der Waals surface area contributed by atoms with Crippen LogP contribution in [0.1, 0.15) is 19.4 Å². The molecule has 0 fully saturated rings. The zero-order valence-electron chi connectivity index (χ0n) is 11.8. The lowest BCUT2D eigenvalue weighted by Crippen LogP contribution is -2.40. The molecule has 0 aliphatic rings. The molecule has 1 atom stereocenters. The van der Waals surface area contributed by atoms with Crippen molar-refractivity contribution in [2.45, 2.75) is 31.7 Å². The van der Waals surface area contributed by atoms with Crippen molar-refractivity contribution in [3.63, 3.8) is 0 Å². The average molecular weight is 283 g/mol. The SMILES string of the molecule is C=C(OC)C(NS(=O)(=O)c1ccc(C)cc1)C(C)C. The zero-order valence-corrected chi connectivity index (χ0v) is 12.6. The zero-order chi connectivity index (χ0) is 14.6. The Hall–Kier alpha value is -1.33. The number of nitrogens with one attached hydrogen (secondary N) is 1. The first kappa shape index (κ1) is 15.7. The Labute approximate surface area is 115 Å². The van der Waals surface area contributed by atoms with Crippen LogP contribution in [-0.4, -0.2) is 21.6 Å². The van der Waals surface area contributed by atoms with E-state index in [9.17, 15) is 8.42 Å². The van der Waals surface area contributed by atoms with Gasteiger partial charge < -0.3 is 4.74 Å². The van der Waals surface area contributed by atoms with Gasteiger partial charge in [-0.2, -0.15) is 0 Å². The van der Waals surface area contributed by atoms with E-state index in [0.717, 1.165) is 5.56 Å². The van der Waals surface area contributed by atoms with Crippen LogP contribution in [0.5, 0.6) is 0 Å². The van der Waals surface area contributed by atoms with E-state index in [-0.39, 0.29) is 10.8 Å². The normalized spacial score (nSPS) is 13.3. The molecule has 0 bridgehead atoms. The molecule has 1 rings (SSSR count). The molecular formula is C14H21NO3S. The van der Waals surface area contributed by atoms with Crippen LogP contribution in [0.15, 0.2) is 41.5 Å². The van der Waals surface area contributed by atoms with Crippen molar-refractivity contribution in [1.29, 1.82) is 0 Å². The van der Waals surface area contributed by atoms with Gasteiger partial charge in [0.1, 0.15) is 5.76 Å². The van der Waals surface area contributed by atoms with Gasteiger partial charge in [-0.25, -0.2) is 13.1 Å². The van der Waals surface area contributed by atoms with Crippen molar-refractivity contribution >= 4 is 10.0 Å². The fraction of sp³-hybridized carbons (Fsp3) is 0.429. The highest BCUT2D eigenvalue weighted by atomic mass is 32.2. The highest BCUT2D eigenvalue weighted by Crippen LogP contribution is 2.16. The molecule has 0 saturated heterocycles. The minimum atomic E-state index is -3.57. The third-order valence-corrected chi connectivity index (χ3v) is 4.35. The largest absolute Gasteiger partial charge is 0.500 e. The Morgan fingerprint density at radius 1 is 1.26 bits per heavy atom. The molecule has 0 radical (unpaired) electrons. The van der Waals surface area contributed by atoms with E-state index < -0.39 is 16.1 Å². The molecule has 1 unspecified atom stereocenters. The number of ether oxygens (including phenoxy) is 1. The van der Waals surface area contributed by atoms with Crippen molar-refractivity contribution in [3.05, 3.63) is 42.2 Å². The molecule has 0 aliphatic heterocycles. The lowest BCUT2D eigenvalue weighted by Gasteiger charge is -2.23. The standard InChI is InChI=1S/C14H21NO3S/c1-10(2)14(12(4)18-5)15-19(16,17)13-8-6-11(3)7-9-13/h6-10,14-15H,4H2,1-3,5H3. The minimum absolute atomic E-state index is 0.0488. The van der Waals surface area contributed by atoms with E-state index in [1.165, 1.54) is 7.11 Å². The molecule has 0 aliphatic carbocycles. The first-order valence-electron chi connectivity index (χ1n) is 6.09. The number of hydrogen-bond donors (Lipinski definition) is 1. The predicted octanol–water partition coefficient (Wildman–Crippen LogP) is 2.46. The second-order valence-corrected chi connectivity index (χ2v) is 6.54. The summed E-state index contributed by atoms with van der Waals surface area (Å²) in [4.78, 5) is 0.243. The van der Waals surface area contributed by atoms with Gasteiger partial charge in [0.2, 0.25) is 10.0 Å². The highest BCUT2D eigenvalue weighted by Gasteiger charge is 2.25. The van der Waals surface area contributed by atoms with Crippen LogP contribution < -0.4 is 4.72 Å². The van der Waals surface area contributed by atoms with Gasteiger partial charge in [-0.05, 0) is 25.0 Å². The third kappa shape index (κ3) is 4.08. The molecule has 0 spiro atoms. The molecule has 19 heavy (non-hydrogen) atoms. The van der Waals surface area contributed by atoms with Gasteiger partial charge in [0.05, 0.1) is 18.0 Å². The van der Waals surface area contributed by atoms with E-state index in [2.05, 4.69) is 11.3 Å². The van der Waals surface area contributed by atoms with E-state index >= 15 is 0 Å². The van der Waals surface area contributed by atoms with Gasteiger partial charge in [0.25, 0.3) is 0 Å². The van der Waals surface area contributed by atoms with Crippen LogP contribution in [0.4, 0.5) is 0 Å². The fourth-order valence-corrected chi connectivity index (χ4v) is 3.02.